The number of nitrogens with one attached hydrogen (secondary N) is 2. The molecule has 3 atom stereocenters. The van der Waals surface area contributed by atoms with Gasteiger partial charge in [0, 0.05) is 37.6 Å². The van der Waals surface area contributed by atoms with Crippen LogP contribution in [0.15, 0.2) is 35.6 Å². The second-order valence-electron chi connectivity index (χ2n) is 10.4. The van der Waals surface area contributed by atoms with Crippen LogP contribution in [0.1, 0.15) is 42.5 Å². The maximum absolute atomic E-state index is 12.8. The maximum Gasteiger partial charge on any atom is 0.239 e. The van der Waals surface area contributed by atoms with Gasteiger partial charge in [-0.05, 0) is 36.9 Å². The highest BCUT2D eigenvalue weighted by atomic mass is 16.5. The SMILES string of the molecule is NC(=O)C1(C(N)=O)CC(c2ccc(CN3C4COCC3C4)cc2)=Nc2c(N[C@H]3CCCNC3)ncnc21. The van der Waals surface area contributed by atoms with Crippen molar-refractivity contribution in [3.63, 3.8) is 0 Å². The Morgan fingerprint density at radius 3 is 2.54 bits per heavy atom. The summed E-state index contributed by atoms with van der Waals surface area (Å²) in [6, 6.07) is 9.19. The second kappa shape index (κ2) is 9.47. The highest BCUT2D eigenvalue weighted by Gasteiger charge is 2.51. The van der Waals surface area contributed by atoms with E-state index in [4.69, 9.17) is 21.2 Å². The average molecular weight is 505 g/mol. The summed E-state index contributed by atoms with van der Waals surface area (Å²) in [5, 5.41) is 6.78. The number of benzene rings is 1. The topological polar surface area (TPSA) is 161 Å². The molecule has 37 heavy (non-hydrogen) atoms. The molecule has 4 aliphatic rings. The molecule has 0 saturated carbocycles. The zero-order valence-corrected chi connectivity index (χ0v) is 20.7. The van der Waals surface area contributed by atoms with Gasteiger partial charge in [-0.1, -0.05) is 24.3 Å². The van der Waals surface area contributed by atoms with E-state index >= 15 is 0 Å². The first-order chi connectivity index (χ1) is 18.0. The number of aliphatic imine (C=N–C) groups is 1. The highest BCUT2D eigenvalue weighted by Crippen LogP contribution is 2.43. The Kier molecular flexibility index (Phi) is 6.13. The van der Waals surface area contributed by atoms with Crippen LogP contribution in [0.2, 0.25) is 0 Å². The third kappa shape index (κ3) is 4.16. The average Bonchev–Trinajstić information content (AvgIpc) is 2.92. The highest BCUT2D eigenvalue weighted by molar-refractivity contribution is 6.18. The summed E-state index contributed by atoms with van der Waals surface area (Å²) in [5.41, 5.74) is 12.9. The number of fused-ring (bicyclic) bond motifs is 3. The van der Waals surface area contributed by atoms with Crippen molar-refractivity contribution >= 4 is 29.0 Å². The molecule has 4 aliphatic heterocycles. The predicted octanol–water partition coefficient (Wildman–Crippen LogP) is 0.347. The van der Waals surface area contributed by atoms with Crippen molar-refractivity contribution in [1.29, 1.82) is 0 Å². The number of nitrogens with zero attached hydrogens (tertiary/aromatic N) is 4. The minimum atomic E-state index is -1.82. The number of aromatic nitrogens is 2. The lowest BCUT2D eigenvalue weighted by Crippen LogP contribution is -2.62. The Morgan fingerprint density at radius 1 is 1.14 bits per heavy atom. The molecule has 2 amide bonds. The van der Waals surface area contributed by atoms with Gasteiger partial charge in [-0.3, -0.25) is 14.5 Å². The number of hydrogen-bond donors (Lipinski definition) is 4. The van der Waals surface area contributed by atoms with Crippen LogP contribution in [-0.4, -0.2) is 76.8 Å². The molecular weight excluding hydrogens is 472 g/mol. The molecule has 0 aliphatic carbocycles. The van der Waals surface area contributed by atoms with Gasteiger partial charge in [0.25, 0.3) is 0 Å². The molecule has 0 radical (unpaired) electrons. The summed E-state index contributed by atoms with van der Waals surface area (Å²) < 4.78 is 5.59. The summed E-state index contributed by atoms with van der Waals surface area (Å²) in [5.74, 6) is -1.23. The first-order valence-electron chi connectivity index (χ1n) is 12.9. The van der Waals surface area contributed by atoms with Crippen molar-refractivity contribution in [3.8, 4) is 0 Å². The fourth-order valence-corrected chi connectivity index (χ4v) is 5.96. The van der Waals surface area contributed by atoms with E-state index in [9.17, 15) is 9.59 Å². The minimum Gasteiger partial charge on any atom is -0.378 e. The smallest absolute Gasteiger partial charge is 0.239 e. The van der Waals surface area contributed by atoms with Crippen LogP contribution in [0.3, 0.4) is 0 Å². The Hall–Kier alpha value is -3.41. The number of rotatable bonds is 7. The third-order valence-corrected chi connectivity index (χ3v) is 8.14. The normalized spacial score (nSPS) is 26.4. The fraction of sp³-hybridized carbons (Fsp3) is 0.500. The van der Waals surface area contributed by atoms with Gasteiger partial charge in [0.2, 0.25) is 11.8 Å². The molecule has 0 spiro atoms. The number of anilines is 1. The van der Waals surface area contributed by atoms with Crippen LogP contribution < -0.4 is 22.1 Å². The number of morpholine rings is 1. The Labute approximate surface area is 215 Å². The first-order valence-corrected chi connectivity index (χ1v) is 12.9. The van der Waals surface area contributed by atoms with E-state index in [1.807, 2.05) is 12.1 Å². The van der Waals surface area contributed by atoms with Crippen molar-refractivity contribution < 1.29 is 14.3 Å². The van der Waals surface area contributed by atoms with E-state index in [1.54, 1.807) is 0 Å². The Morgan fingerprint density at radius 2 is 1.89 bits per heavy atom. The monoisotopic (exact) mass is 504 g/mol. The molecule has 6 N–H and O–H groups in total. The zero-order valence-electron chi connectivity index (χ0n) is 20.7. The Bertz CT molecular complexity index is 1210. The molecule has 2 bridgehead atoms. The van der Waals surface area contributed by atoms with Crippen LogP contribution in [0, 0.1) is 0 Å². The van der Waals surface area contributed by atoms with E-state index in [0.29, 0.717) is 29.3 Å². The summed E-state index contributed by atoms with van der Waals surface area (Å²) in [4.78, 5) is 41.7. The molecule has 5 heterocycles. The molecule has 2 aromatic rings. The van der Waals surface area contributed by atoms with Crippen LogP contribution in [0.4, 0.5) is 11.5 Å². The van der Waals surface area contributed by atoms with E-state index in [1.165, 1.54) is 18.3 Å². The quantitative estimate of drug-likeness (QED) is 0.393. The van der Waals surface area contributed by atoms with Crippen molar-refractivity contribution in [2.24, 2.45) is 16.5 Å². The lowest BCUT2D eigenvalue weighted by molar-refractivity contribution is -0.134. The molecule has 1 aromatic carbocycles. The van der Waals surface area contributed by atoms with Gasteiger partial charge in [0.15, 0.2) is 11.2 Å². The number of nitrogens with two attached hydrogens (primary N) is 2. The number of ether oxygens (including phenoxy) is 1. The number of primary amides is 2. The lowest BCUT2D eigenvalue weighted by Gasteiger charge is -2.52. The third-order valence-electron chi connectivity index (χ3n) is 8.14. The molecule has 1 aromatic heterocycles. The molecule has 3 fully saturated rings. The lowest BCUT2D eigenvalue weighted by atomic mass is 9.74. The van der Waals surface area contributed by atoms with Crippen LogP contribution in [0.25, 0.3) is 0 Å². The van der Waals surface area contributed by atoms with Crippen LogP contribution >= 0.6 is 0 Å². The van der Waals surface area contributed by atoms with Gasteiger partial charge in [0.05, 0.1) is 24.6 Å². The van der Waals surface area contributed by atoms with Gasteiger partial charge >= 0.3 is 0 Å². The second-order valence-corrected chi connectivity index (χ2v) is 10.4. The van der Waals surface area contributed by atoms with Crippen LogP contribution in [0.5, 0.6) is 0 Å². The van der Waals surface area contributed by atoms with Gasteiger partial charge in [-0.2, -0.15) is 0 Å². The van der Waals surface area contributed by atoms with E-state index in [0.717, 1.165) is 51.3 Å². The number of carbonyl (C=O) groups excluding carboxylic acids is 2. The Balaban J connectivity index is 1.34. The zero-order chi connectivity index (χ0) is 25.6. The van der Waals surface area contributed by atoms with Crippen LogP contribution in [-0.2, 0) is 26.3 Å². The molecule has 11 heteroatoms. The standard InChI is InChI=1S/C26H32N8O3/c27-24(35)26(25(28)36)9-20(16-5-3-15(4-6-16)11-34-18-8-19(34)13-37-12-18)33-21-22(26)30-14-31-23(21)32-17-2-1-7-29-10-17/h3-6,14,17-19,29H,1-2,7-13H2,(H2,27,35)(H2,28,36)(H,30,31,32)/t17-,18?,19?/m0/s1. The van der Waals surface area contributed by atoms with Crippen molar-refractivity contribution in [3.05, 3.63) is 47.4 Å². The van der Waals surface area contributed by atoms with E-state index in [-0.39, 0.29) is 18.2 Å². The number of piperidine rings is 1. The molecular formula is C26H32N8O3. The first kappa shape index (κ1) is 24.0. The summed E-state index contributed by atoms with van der Waals surface area (Å²) >= 11 is 0. The molecule has 194 valence electrons. The number of carbonyl (C=O) groups is 2. The summed E-state index contributed by atoms with van der Waals surface area (Å²) in [7, 11) is 0. The van der Waals surface area contributed by atoms with Gasteiger partial charge < -0.3 is 26.8 Å². The summed E-state index contributed by atoms with van der Waals surface area (Å²) in [6.45, 7) is 4.19. The van der Waals surface area contributed by atoms with Crippen molar-refractivity contribution in [2.45, 2.75) is 55.8 Å². The largest absolute Gasteiger partial charge is 0.378 e. The van der Waals surface area contributed by atoms with E-state index < -0.39 is 17.2 Å². The molecule has 6 rings (SSSR count). The predicted molar refractivity (Wildman–Crippen MR) is 137 cm³/mol. The fourth-order valence-electron chi connectivity index (χ4n) is 5.96. The number of amides is 2. The molecule has 2 unspecified atom stereocenters. The summed E-state index contributed by atoms with van der Waals surface area (Å²) in [6.07, 6.45) is 4.46. The van der Waals surface area contributed by atoms with E-state index in [2.05, 4.69) is 37.6 Å². The minimum absolute atomic E-state index is 0.0565. The van der Waals surface area contributed by atoms with Crippen molar-refractivity contribution in [1.82, 2.24) is 20.2 Å². The number of hydrogen-bond acceptors (Lipinski definition) is 9. The molecule has 11 nitrogen and oxygen atoms in total. The van der Waals surface area contributed by atoms with Gasteiger partial charge in [-0.25, -0.2) is 15.0 Å². The van der Waals surface area contributed by atoms with Gasteiger partial charge in [-0.15, -0.1) is 0 Å². The maximum atomic E-state index is 12.8. The van der Waals surface area contributed by atoms with Gasteiger partial charge in [0.1, 0.15) is 12.0 Å². The van der Waals surface area contributed by atoms with Crippen molar-refractivity contribution in [2.75, 3.05) is 31.6 Å². The molecule has 3 saturated heterocycles.